The SMILES string of the molecule is CC(c1ccccc1)S(=O)(=O)c1cc(C(=O)O)ccc1Cl. The molecule has 0 heterocycles. The summed E-state index contributed by atoms with van der Waals surface area (Å²) in [6.45, 7) is 1.55. The van der Waals surface area contributed by atoms with Gasteiger partial charge in [0.05, 0.1) is 20.7 Å². The van der Waals surface area contributed by atoms with Gasteiger partial charge in [-0.15, -0.1) is 0 Å². The zero-order valence-electron chi connectivity index (χ0n) is 11.2. The smallest absolute Gasteiger partial charge is 0.335 e. The van der Waals surface area contributed by atoms with Crippen LogP contribution < -0.4 is 0 Å². The second-order valence-corrected chi connectivity index (χ2v) is 7.19. The Morgan fingerprint density at radius 3 is 2.33 bits per heavy atom. The maximum atomic E-state index is 12.7. The first-order valence-corrected chi connectivity index (χ1v) is 8.08. The van der Waals surface area contributed by atoms with Crippen LogP contribution in [0, 0.1) is 0 Å². The van der Waals surface area contributed by atoms with E-state index in [9.17, 15) is 13.2 Å². The van der Waals surface area contributed by atoms with Crippen molar-refractivity contribution in [2.45, 2.75) is 17.1 Å². The molecule has 0 aromatic heterocycles. The van der Waals surface area contributed by atoms with Crippen molar-refractivity contribution in [3.8, 4) is 0 Å². The van der Waals surface area contributed by atoms with Crippen molar-refractivity contribution in [2.75, 3.05) is 0 Å². The molecule has 0 saturated heterocycles. The van der Waals surface area contributed by atoms with Crippen LogP contribution in [0.5, 0.6) is 0 Å². The maximum absolute atomic E-state index is 12.7. The van der Waals surface area contributed by atoms with Crippen molar-refractivity contribution in [3.05, 3.63) is 64.7 Å². The lowest BCUT2D eigenvalue weighted by Crippen LogP contribution is -2.12. The average molecular weight is 325 g/mol. The summed E-state index contributed by atoms with van der Waals surface area (Å²) in [5, 5.41) is 8.18. The van der Waals surface area contributed by atoms with Crippen LogP contribution in [-0.4, -0.2) is 19.5 Å². The van der Waals surface area contributed by atoms with E-state index in [1.165, 1.54) is 12.1 Å². The van der Waals surface area contributed by atoms with Gasteiger partial charge in [0.2, 0.25) is 0 Å². The predicted octanol–water partition coefficient (Wildman–Crippen LogP) is 3.57. The Balaban J connectivity index is 2.54. The number of benzene rings is 2. The third kappa shape index (κ3) is 3.09. The Morgan fingerprint density at radius 1 is 1.14 bits per heavy atom. The summed E-state index contributed by atoms with van der Waals surface area (Å²) in [5.74, 6) is -1.20. The van der Waals surface area contributed by atoms with Crippen LogP contribution in [-0.2, 0) is 9.84 Å². The molecule has 0 saturated carbocycles. The molecule has 6 heteroatoms. The van der Waals surface area contributed by atoms with Crippen LogP contribution >= 0.6 is 11.6 Å². The number of carboxylic acids is 1. The molecule has 0 spiro atoms. The molecule has 4 nitrogen and oxygen atoms in total. The first kappa shape index (κ1) is 15.5. The van der Waals surface area contributed by atoms with Crippen LogP contribution in [0.3, 0.4) is 0 Å². The summed E-state index contributed by atoms with van der Waals surface area (Å²) in [6.07, 6.45) is 0. The number of sulfone groups is 1. The predicted molar refractivity (Wildman–Crippen MR) is 80.5 cm³/mol. The van der Waals surface area contributed by atoms with Crippen molar-refractivity contribution < 1.29 is 18.3 Å². The lowest BCUT2D eigenvalue weighted by molar-refractivity contribution is 0.0696. The van der Waals surface area contributed by atoms with Gasteiger partial charge in [-0.1, -0.05) is 41.9 Å². The largest absolute Gasteiger partial charge is 0.478 e. The highest BCUT2D eigenvalue weighted by atomic mass is 35.5. The maximum Gasteiger partial charge on any atom is 0.335 e. The minimum atomic E-state index is -3.77. The molecule has 0 aliphatic carbocycles. The monoisotopic (exact) mass is 324 g/mol. The molecule has 21 heavy (non-hydrogen) atoms. The van der Waals surface area contributed by atoms with Crippen LogP contribution in [0.4, 0.5) is 0 Å². The van der Waals surface area contributed by atoms with E-state index in [1.54, 1.807) is 37.3 Å². The van der Waals surface area contributed by atoms with E-state index >= 15 is 0 Å². The number of carbonyl (C=O) groups is 1. The Labute approximate surface area is 127 Å². The van der Waals surface area contributed by atoms with E-state index in [1.807, 2.05) is 0 Å². The Kier molecular flexibility index (Phi) is 4.34. The number of aromatic carboxylic acids is 1. The summed E-state index contributed by atoms with van der Waals surface area (Å²) >= 11 is 5.94. The quantitative estimate of drug-likeness (QED) is 0.933. The Hall–Kier alpha value is -1.85. The minimum absolute atomic E-state index is 0.0165. The van der Waals surface area contributed by atoms with E-state index in [-0.39, 0.29) is 15.5 Å². The Bertz CT molecular complexity index is 770. The van der Waals surface area contributed by atoms with Crippen LogP contribution in [0.2, 0.25) is 5.02 Å². The van der Waals surface area contributed by atoms with Gasteiger partial charge in [-0.05, 0) is 30.7 Å². The summed E-state index contributed by atoms with van der Waals surface area (Å²) in [6, 6.07) is 12.4. The van der Waals surface area contributed by atoms with Gasteiger partial charge in [-0.3, -0.25) is 0 Å². The lowest BCUT2D eigenvalue weighted by atomic mass is 10.2. The topological polar surface area (TPSA) is 71.4 Å². The highest BCUT2D eigenvalue weighted by Crippen LogP contribution is 2.33. The molecule has 1 atom stereocenters. The third-order valence-corrected chi connectivity index (χ3v) is 5.81. The second-order valence-electron chi connectivity index (χ2n) is 4.55. The molecule has 2 aromatic carbocycles. The second kappa shape index (κ2) is 5.87. The van der Waals surface area contributed by atoms with Crippen molar-refractivity contribution >= 4 is 27.4 Å². The molecular formula is C15H13ClO4S. The summed E-state index contributed by atoms with van der Waals surface area (Å²) < 4.78 is 25.3. The Morgan fingerprint density at radius 2 is 1.76 bits per heavy atom. The average Bonchev–Trinajstić information content (AvgIpc) is 2.47. The van der Waals surface area contributed by atoms with E-state index in [2.05, 4.69) is 0 Å². The van der Waals surface area contributed by atoms with Gasteiger partial charge in [0.15, 0.2) is 9.84 Å². The molecule has 0 radical (unpaired) electrons. The molecular weight excluding hydrogens is 312 g/mol. The van der Waals surface area contributed by atoms with Gasteiger partial charge in [0.1, 0.15) is 0 Å². The van der Waals surface area contributed by atoms with Crippen molar-refractivity contribution in [3.63, 3.8) is 0 Å². The van der Waals surface area contributed by atoms with Gasteiger partial charge >= 0.3 is 5.97 Å². The van der Waals surface area contributed by atoms with Gasteiger partial charge in [-0.25, -0.2) is 13.2 Å². The zero-order chi connectivity index (χ0) is 15.6. The van der Waals surface area contributed by atoms with Gasteiger partial charge in [0, 0.05) is 0 Å². The van der Waals surface area contributed by atoms with Crippen molar-refractivity contribution in [1.29, 1.82) is 0 Å². The number of carboxylic acid groups (broad SMARTS) is 1. The number of hydrogen-bond donors (Lipinski definition) is 1. The van der Waals surface area contributed by atoms with Crippen LogP contribution in [0.1, 0.15) is 28.1 Å². The van der Waals surface area contributed by atoms with Gasteiger partial charge in [0.25, 0.3) is 0 Å². The summed E-state index contributed by atoms with van der Waals surface area (Å²) in [7, 11) is -3.77. The third-order valence-electron chi connectivity index (χ3n) is 3.22. The fraction of sp³-hybridized carbons (Fsp3) is 0.133. The highest BCUT2D eigenvalue weighted by Gasteiger charge is 2.27. The van der Waals surface area contributed by atoms with Crippen LogP contribution in [0.15, 0.2) is 53.4 Å². The fourth-order valence-electron chi connectivity index (χ4n) is 1.95. The number of hydrogen-bond acceptors (Lipinski definition) is 3. The first-order valence-electron chi connectivity index (χ1n) is 6.15. The molecule has 1 unspecified atom stereocenters. The van der Waals surface area contributed by atoms with E-state index < -0.39 is 21.1 Å². The number of rotatable bonds is 4. The number of halogens is 1. The molecule has 0 bridgehead atoms. The van der Waals surface area contributed by atoms with Gasteiger partial charge in [-0.2, -0.15) is 0 Å². The first-order chi connectivity index (χ1) is 9.84. The molecule has 0 amide bonds. The minimum Gasteiger partial charge on any atom is -0.478 e. The molecule has 0 aliphatic rings. The standard InChI is InChI=1S/C15H13ClO4S/c1-10(11-5-3-2-4-6-11)21(19,20)14-9-12(15(17)18)7-8-13(14)16/h2-10H,1H3,(H,17,18). The van der Waals surface area contributed by atoms with E-state index in [0.29, 0.717) is 5.56 Å². The molecule has 2 aromatic rings. The van der Waals surface area contributed by atoms with E-state index in [0.717, 1.165) is 6.07 Å². The fourth-order valence-corrected chi connectivity index (χ4v) is 3.92. The molecule has 0 fully saturated rings. The van der Waals surface area contributed by atoms with E-state index in [4.69, 9.17) is 16.7 Å². The van der Waals surface area contributed by atoms with Crippen molar-refractivity contribution in [1.82, 2.24) is 0 Å². The zero-order valence-corrected chi connectivity index (χ0v) is 12.7. The molecule has 110 valence electrons. The summed E-state index contributed by atoms with van der Waals surface area (Å²) in [4.78, 5) is 10.8. The lowest BCUT2D eigenvalue weighted by Gasteiger charge is -2.15. The molecule has 0 aliphatic heterocycles. The molecule has 1 N–H and O–H groups in total. The summed E-state index contributed by atoms with van der Waals surface area (Å²) in [5.41, 5.74) is 0.507. The normalized spacial score (nSPS) is 12.9. The highest BCUT2D eigenvalue weighted by molar-refractivity contribution is 7.91. The van der Waals surface area contributed by atoms with Crippen LogP contribution in [0.25, 0.3) is 0 Å². The van der Waals surface area contributed by atoms with Crippen molar-refractivity contribution in [2.24, 2.45) is 0 Å². The van der Waals surface area contributed by atoms with Gasteiger partial charge < -0.3 is 5.11 Å². The molecule has 2 rings (SSSR count).